The number of furan rings is 1. The van der Waals surface area contributed by atoms with E-state index < -0.39 is 0 Å². The average molecular weight is 306 g/mol. The second-order valence-electron chi connectivity index (χ2n) is 4.36. The zero-order valence-corrected chi connectivity index (χ0v) is 12.4. The third kappa shape index (κ3) is 3.13. The van der Waals surface area contributed by atoms with Crippen molar-refractivity contribution >= 4 is 11.8 Å². The first-order valence-corrected chi connectivity index (χ1v) is 7.42. The summed E-state index contributed by atoms with van der Waals surface area (Å²) < 4.78 is 12.2. The highest BCUT2D eigenvalue weighted by Crippen LogP contribution is 2.32. The Morgan fingerprint density at radius 3 is 3.05 bits per heavy atom. The van der Waals surface area contributed by atoms with Crippen LogP contribution in [0.25, 0.3) is 0 Å². The molecule has 0 aromatic carbocycles. The molecule has 0 N–H and O–H groups in total. The third-order valence-electron chi connectivity index (χ3n) is 2.81. The van der Waals surface area contributed by atoms with E-state index in [-0.39, 0.29) is 5.25 Å². The van der Waals surface area contributed by atoms with E-state index >= 15 is 0 Å². The van der Waals surface area contributed by atoms with E-state index in [1.807, 2.05) is 26.0 Å². The van der Waals surface area contributed by atoms with Crippen molar-refractivity contribution in [3.8, 4) is 0 Å². The fourth-order valence-electron chi connectivity index (χ4n) is 1.71. The summed E-state index contributed by atoms with van der Waals surface area (Å²) in [5, 5.41) is 16.2. The lowest BCUT2D eigenvalue weighted by molar-refractivity contribution is 0.375. The normalized spacial score (nSPS) is 12.7. The lowest BCUT2D eigenvalue weighted by Gasteiger charge is -2.05. The Morgan fingerprint density at radius 2 is 2.33 bits per heavy atom. The van der Waals surface area contributed by atoms with Crippen molar-refractivity contribution in [2.75, 3.05) is 0 Å². The van der Waals surface area contributed by atoms with Crippen molar-refractivity contribution < 1.29 is 8.94 Å². The van der Waals surface area contributed by atoms with E-state index in [0.717, 1.165) is 12.2 Å². The number of nitrogens with zero attached hydrogens (tertiary/aromatic N) is 6. The van der Waals surface area contributed by atoms with Crippen LogP contribution in [0.5, 0.6) is 0 Å². The minimum Gasteiger partial charge on any atom is -0.467 e. The van der Waals surface area contributed by atoms with Crippen LogP contribution in [0.15, 0.2) is 32.5 Å². The summed E-state index contributed by atoms with van der Waals surface area (Å²) in [6.45, 7) is 4.44. The Balaban J connectivity index is 1.71. The molecule has 3 aromatic rings. The molecule has 3 rings (SSSR count). The summed E-state index contributed by atoms with van der Waals surface area (Å²) in [7, 11) is 0. The number of rotatable bonds is 6. The van der Waals surface area contributed by atoms with Crippen LogP contribution in [-0.2, 0) is 13.0 Å². The molecule has 3 heterocycles. The van der Waals surface area contributed by atoms with Crippen LogP contribution in [0.1, 0.15) is 36.6 Å². The molecule has 0 bridgehead atoms. The maximum absolute atomic E-state index is 5.30. The highest BCUT2D eigenvalue weighted by molar-refractivity contribution is 7.99. The van der Waals surface area contributed by atoms with Crippen LogP contribution < -0.4 is 0 Å². The molecule has 0 aliphatic heterocycles. The van der Waals surface area contributed by atoms with Crippen LogP contribution in [-0.4, -0.2) is 30.3 Å². The molecule has 0 aliphatic carbocycles. The van der Waals surface area contributed by atoms with Crippen molar-refractivity contribution in [2.45, 2.75) is 37.2 Å². The van der Waals surface area contributed by atoms with E-state index in [0.29, 0.717) is 23.4 Å². The van der Waals surface area contributed by atoms with E-state index in [1.165, 1.54) is 11.8 Å². The van der Waals surface area contributed by atoms with Crippen molar-refractivity contribution in [3.05, 3.63) is 35.9 Å². The van der Waals surface area contributed by atoms with Crippen molar-refractivity contribution in [2.24, 2.45) is 0 Å². The molecule has 110 valence electrons. The Morgan fingerprint density at radius 1 is 1.43 bits per heavy atom. The quantitative estimate of drug-likeness (QED) is 0.639. The van der Waals surface area contributed by atoms with Gasteiger partial charge in [-0.2, -0.15) is 4.98 Å². The molecule has 0 fully saturated rings. The SMILES string of the molecule is CCc1noc(C(C)Sc2nnnn2Cc2ccco2)n1. The second kappa shape index (κ2) is 6.08. The summed E-state index contributed by atoms with van der Waals surface area (Å²) >= 11 is 1.46. The summed E-state index contributed by atoms with van der Waals surface area (Å²) in [6, 6.07) is 3.71. The Kier molecular flexibility index (Phi) is 4.00. The van der Waals surface area contributed by atoms with Gasteiger partial charge in [0.2, 0.25) is 11.0 Å². The number of tetrazole rings is 1. The molecule has 0 aliphatic rings. The molecule has 0 spiro atoms. The van der Waals surface area contributed by atoms with Gasteiger partial charge >= 0.3 is 0 Å². The molecule has 0 radical (unpaired) electrons. The maximum atomic E-state index is 5.30. The number of aromatic nitrogens is 6. The van der Waals surface area contributed by atoms with Gasteiger partial charge in [0.25, 0.3) is 0 Å². The van der Waals surface area contributed by atoms with E-state index in [9.17, 15) is 0 Å². The van der Waals surface area contributed by atoms with E-state index in [4.69, 9.17) is 8.94 Å². The van der Waals surface area contributed by atoms with Gasteiger partial charge in [-0.05, 0) is 29.5 Å². The first-order chi connectivity index (χ1) is 10.3. The fraction of sp³-hybridized carbons (Fsp3) is 0.417. The fourth-order valence-corrected chi connectivity index (χ4v) is 2.53. The molecule has 0 saturated carbocycles. The lowest BCUT2D eigenvalue weighted by Crippen LogP contribution is -2.04. The van der Waals surface area contributed by atoms with Crippen molar-refractivity contribution in [3.63, 3.8) is 0 Å². The van der Waals surface area contributed by atoms with Gasteiger partial charge in [-0.15, -0.1) is 5.10 Å². The molecule has 0 saturated heterocycles. The largest absolute Gasteiger partial charge is 0.467 e. The standard InChI is InChI=1S/C12H14N6O2S/c1-3-10-13-11(20-15-10)8(2)21-12-14-16-17-18(12)7-9-5-4-6-19-9/h4-6,8H,3,7H2,1-2H3. The molecule has 1 unspecified atom stereocenters. The van der Waals surface area contributed by atoms with Crippen LogP contribution >= 0.6 is 11.8 Å². The Labute approximate surface area is 124 Å². The van der Waals surface area contributed by atoms with Gasteiger partial charge in [0.1, 0.15) is 12.3 Å². The zero-order valence-electron chi connectivity index (χ0n) is 11.6. The number of hydrogen-bond acceptors (Lipinski definition) is 8. The van der Waals surface area contributed by atoms with Gasteiger partial charge in [-0.25, -0.2) is 4.68 Å². The topological polar surface area (TPSA) is 95.7 Å². The van der Waals surface area contributed by atoms with Gasteiger partial charge in [-0.3, -0.25) is 0 Å². The molecular formula is C12H14N6O2S. The molecule has 21 heavy (non-hydrogen) atoms. The summed E-state index contributed by atoms with van der Waals surface area (Å²) in [6.07, 6.45) is 2.37. The smallest absolute Gasteiger partial charge is 0.239 e. The summed E-state index contributed by atoms with van der Waals surface area (Å²) in [5.41, 5.74) is 0. The first kappa shape index (κ1) is 13.8. The molecule has 8 nitrogen and oxygen atoms in total. The zero-order chi connectivity index (χ0) is 14.7. The second-order valence-corrected chi connectivity index (χ2v) is 5.67. The number of thioether (sulfide) groups is 1. The van der Waals surface area contributed by atoms with Gasteiger partial charge < -0.3 is 8.94 Å². The third-order valence-corrected chi connectivity index (χ3v) is 3.87. The van der Waals surface area contributed by atoms with Gasteiger partial charge in [-0.1, -0.05) is 23.8 Å². The summed E-state index contributed by atoms with van der Waals surface area (Å²) in [5.74, 6) is 2.07. The minimum atomic E-state index is -0.0286. The molecule has 3 aromatic heterocycles. The highest BCUT2D eigenvalue weighted by Gasteiger charge is 2.19. The molecule has 1 atom stereocenters. The Bertz CT molecular complexity index is 692. The van der Waals surface area contributed by atoms with Crippen LogP contribution in [0.2, 0.25) is 0 Å². The predicted octanol–water partition coefficient (Wildman–Crippen LogP) is 2.11. The predicted molar refractivity (Wildman–Crippen MR) is 73.6 cm³/mol. The van der Waals surface area contributed by atoms with Gasteiger partial charge in [0, 0.05) is 6.42 Å². The highest BCUT2D eigenvalue weighted by atomic mass is 32.2. The van der Waals surface area contributed by atoms with Crippen molar-refractivity contribution in [1.29, 1.82) is 0 Å². The summed E-state index contributed by atoms with van der Waals surface area (Å²) in [4.78, 5) is 4.32. The van der Waals surface area contributed by atoms with E-state index in [1.54, 1.807) is 10.9 Å². The van der Waals surface area contributed by atoms with Crippen LogP contribution in [0.3, 0.4) is 0 Å². The number of aryl methyl sites for hydroxylation is 1. The monoisotopic (exact) mass is 306 g/mol. The van der Waals surface area contributed by atoms with E-state index in [2.05, 4.69) is 25.7 Å². The first-order valence-electron chi connectivity index (χ1n) is 6.54. The molecular weight excluding hydrogens is 292 g/mol. The maximum Gasteiger partial charge on any atom is 0.239 e. The van der Waals surface area contributed by atoms with Crippen molar-refractivity contribution in [1.82, 2.24) is 30.3 Å². The Hall–Kier alpha value is -2.16. The lowest BCUT2D eigenvalue weighted by atomic mass is 10.4. The molecule has 9 heteroatoms. The number of hydrogen-bond donors (Lipinski definition) is 0. The average Bonchev–Trinajstić information content (AvgIpc) is 3.21. The van der Waals surface area contributed by atoms with Crippen LogP contribution in [0.4, 0.5) is 0 Å². The minimum absolute atomic E-state index is 0.0286. The van der Waals surface area contributed by atoms with Gasteiger partial charge in [0.05, 0.1) is 11.5 Å². The molecule has 0 amide bonds. The van der Waals surface area contributed by atoms with Crippen LogP contribution in [0, 0.1) is 0 Å². The van der Waals surface area contributed by atoms with Gasteiger partial charge in [0.15, 0.2) is 5.82 Å².